The number of nitrogens with two attached hydrogens (primary N) is 1. The smallest absolute Gasteiger partial charge is 0.382 e. The number of amides is 1. The fraction of sp³-hybridized carbons (Fsp3) is 0.100. The second kappa shape index (κ2) is 7.99. The third kappa shape index (κ3) is 4.79. The molecule has 0 bridgehead atoms. The number of hydrogen-bond donors (Lipinski definition) is 3. The molecule has 0 fully saturated rings. The zero-order valence-corrected chi connectivity index (χ0v) is 14.6. The van der Waals surface area contributed by atoms with E-state index in [1.54, 1.807) is 36.5 Å². The molecule has 3 rings (SSSR count). The van der Waals surface area contributed by atoms with Crippen molar-refractivity contribution in [2.24, 2.45) is 0 Å². The van der Waals surface area contributed by atoms with Crippen LogP contribution in [0.5, 0.6) is 0 Å². The molecule has 0 saturated carbocycles. The van der Waals surface area contributed by atoms with Crippen molar-refractivity contribution in [3.05, 3.63) is 83.6 Å². The van der Waals surface area contributed by atoms with Crippen molar-refractivity contribution in [3.8, 4) is 0 Å². The van der Waals surface area contributed by atoms with E-state index < -0.39 is 17.6 Å². The first-order valence-corrected chi connectivity index (χ1v) is 8.35. The van der Waals surface area contributed by atoms with Gasteiger partial charge in [0.2, 0.25) is 0 Å². The van der Waals surface area contributed by atoms with E-state index in [0.717, 1.165) is 29.8 Å². The van der Waals surface area contributed by atoms with Gasteiger partial charge in [-0.1, -0.05) is 12.1 Å². The van der Waals surface area contributed by atoms with Crippen molar-refractivity contribution in [1.82, 2.24) is 4.98 Å². The van der Waals surface area contributed by atoms with Crippen LogP contribution in [0.1, 0.15) is 21.5 Å². The summed E-state index contributed by atoms with van der Waals surface area (Å²) in [5, 5.41) is 5.84. The highest BCUT2D eigenvalue weighted by Gasteiger charge is 2.30. The Kier molecular flexibility index (Phi) is 5.49. The minimum absolute atomic E-state index is 0.139. The lowest BCUT2D eigenvalue weighted by molar-refractivity contribution is -0.137. The summed E-state index contributed by atoms with van der Waals surface area (Å²) < 4.78 is 37.8. The maximum Gasteiger partial charge on any atom is 0.416 e. The van der Waals surface area contributed by atoms with E-state index in [9.17, 15) is 18.0 Å². The van der Waals surface area contributed by atoms with E-state index >= 15 is 0 Å². The highest BCUT2D eigenvalue weighted by Crippen LogP contribution is 2.29. The first kappa shape index (κ1) is 19.2. The van der Waals surface area contributed by atoms with Crippen molar-refractivity contribution in [2.75, 3.05) is 16.4 Å². The van der Waals surface area contributed by atoms with E-state index in [4.69, 9.17) is 5.73 Å². The third-order valence-electron chi connectivity index (χ3n) is 3.98. The van der Waals surface area contributed by atoms with Crippen molar-refractivity contribution in [2.45, 2.75) is 12.7 Å². The lowest BCUT2D eigenvalue weighted by Gasteiger charge is -2.11. The van der Waals surface area contributed by atoms with Gasteiger partial charge in [0.15, 0.2) is 0 Å². The van der Waals surface area contributed by atoms with Crippen molar-refractivity contribution >= 4 is 23.1 Å². The molecule has 0 aliphatic carbocycles. The molecule has 0 spiro atoms. The number of nitrogens with zero attached hydrogens (tertiary/aromatic N) is 1. The molecule has 0 unspecified atom stereocenters. The van der Waals surface area contributed by atoms with Gasteiger partial charge in [-0.15, -0.1) is 0 Å². The number of aromatic nitrogens is 1. The first-order chi connectivity index (χ1) is 13.3. The average Bonchev–Trinajstić information content (AvgIpc) is 2.67. The maximum absolute atomic E-state index is 12.6. The van der Waals surface area contributed by atoms with Crippen LogP contribution in [-0.4, -0.2) is 10.9 Å². The molecule has 0 radical (unpaired) electrons. The zero-order chi connectivity index (χ0) is 20.1. The quantitative estimate of drug-likeness (QED) is 0.601. The molecule has 0 saturated heterocycles. The van der Waals surface area contributed by atoms with E-state index in [-0.39, 0.29) is 5.56 Å². The van der Waals surface area contributed by atoms with Gasteiger partial charge in [-0.05, 0) is 54.1 Å². The topological polar surface area (TPSA) is 80.0 Å². The van der Waals surface area contributed by atoms with Gasteiger partial charge in [0.25, 0.3) is 5.91 Å². The van der Waals surface area contributed by atoms with Gasteiger partial charge in [-0.3, -0.25) is 4.79 Å². The Bertz CT molecular complexity index is 972. The maximum atomic E-state index is 12.6. The molecule has 3 aromatic rings. The van der Waals surface area contributed by atoms with Gasteiger partial charge >= 0.3 is 6.18 Å². The fourth-order valence-electron chi connectivity index (χ4n) is 2.54. The Hall–Kier alpha value is -3.55. The van der Waals surface area contributed by atoms with E-state index in [2.05, 4.69) is 15.6 Å². The van der Waals surface area contributed by atoms with Crippen molar-refractivity contribution in [3.63, 3.8) is 0 Å². The lowest BCUT2D eigenvalue weighted by Crippen LogP contribution is -2.13. The van der Waals surface area contributed by atoms with Gasteiger partial charge in [0.05, 0.1) is 11.3 Å². The van der Waals surface area contributed by atoms with Crippen LogP contribution in [0.3, 0.4) is 0 Å². The zero-order valence-electron chi connectivity index (χ0n) is 14.6. The highest BCUT2D eigenvalue weighted by atomic mass is 19.4. The highest BCUT2D eigenvalue weighted by molar-refractivity contribution is 6.04. The largest absolute Gasteiger partial charge is 0.416 e. The summed E-state index contributed by atoms with van der Waals surface area (Å²) >= 11 is 0. The Balaban J connectivity index is 1.65. The molecule has 28 heavy (non-hydrogen) atoms. The number of alkyl halides is 3. The number of nitrogens with one attached hydrogen (secondary N) is 2. The third-order valence-corrected chi connectivity index (χ3v) is 3.98. The number of anilines is 3. The molecule has 1 aromatic heterocycles. The van der Waals surface area contributed by atoms with Crippen LogP contribution in [0.25, 0.3) is 0 Å². The number of carbonyl (C=O) groups is 1. The number of benzene rings is 2. The second-order valence-corrected chi connectivity index (χ2v) is 6.02. The average molecular weight is 386 g/mol. The molecule has 5 nitrogen and oxygen atoms in total. The van der Waals surface area contributed by atoms with E-state index in [1.165, 1.54) is 0 Å². The molecule has 144 valence electrons. The minimum atomic E-state index is -4.44. The number of nitrogen functional groups attached to an aromatic ring is 1. The molecule has 0 aliphatic heterocycles. The molecule has 2 aromatic carbocycles. The van der Waals surface area contributed by atoms with Crippen LogP contribution in [0.4, 0.5) is 30.4 Å². The molecular formula is C20H17F3N4O. The lowest BCUT2D eigenvalue weighted by atomic mass is 10.1. The number of pyridine rings is 1. The van der Waals surface area contributed by atoms with Gasteiger partial charge in [0.1, 0.15) is 5.82 Å². The van der Waals surface area contributed by atoms with Crippen LogP contribution in [0.15, 0.2) is 66.9 Å². The van der Waals surface area contributed by atoms with Crippen LogP contribution >= 0.6 is 0 Å². The molecular weight excluding hydrogens is 369 g/mol. The summed E-state index contributed by atoms with van der Waals surface area (Å²) in [6.45, 7) is 0.458. The summed E-state index contributed by atoms with van der Waals surface area (Å²) in [6.07, 6.45) is -2.84. The Morgan fingerprint density at radius 1 is 1.04 bits per heavy atom. The van der Waals surface area contributed by atoms with Crippen LogP contribution in [-0.2, 0) is 12.7 Å². The Labute approximate surface area is 159 Å². The van der Waals surface area contributed by atoms with Crippen LogP contribution in [0.2, 0.25) is 0 Å². The van der Waals surface area contributed by atoms with Gasteiger partial charge in [-0.25, -0.2) is 4.98 Å². The molecule has 4 N–H and O–H groups in total. The van der Waals surface area contributed by atoms with E-state index in [1.807, 2.05) is 6.07 Å². The Morgan fingerprint density at radius 2 is 1.79 bits per heavy atom. The van der Waals surface area contributed by atoms with Crippen molar-refractivity contribution in [1.29, 1.82) is 0 Å². The van der Waals surface area contributed by atoms with Gasteiger partial charge in [-0.2, -0.15) is 13.2 Å². The number of carbonyl (C=O) groups excluding carboxylic acids is 1. The fourth-order valence-corrected chi connectivity index (χ4v) is 2.54. The molecule has 1 heterocycles. The van der Waals surface area contributed by atoms with Gasteiger partial charge < -0.3 is 16.4 Å². The first-order valence-electron chi connectivity index (χ1n) is 8.35. The normalized spacial score (nSPS) is 11.1. The second-order valence-electron chi connectivity index (χ2n) is 6.02. The number of rotatable bonds is 5. The number of halogens is 3. The minimum Gasteiger partial charge on any atom is -0.382 e. The Morgan fingerprint density at radius 3 is 2.46 bits per heavy atom. The monoisotopic (exact) mass is 386 g/mol. The summed E-state index contributed by atoms with van der Waals surface area (Å²) in [6, 6.07) is 14.7. The summed E-state index contributed by atoms with van der Waals surface area (Å²) in [4.78, 5) is 16.3. The molecule has 8 heteroatoms. The predicted octanol–water partition coefficient (Wildman–Crippen LogP) is 4.55. The van der Waals surface area contributed by atoms with Crippen LogP contribution < -0.4 is 16.4 Å². The van der Waals surface area contributed by atoms with Crippen molar-refractivity contribution < 1.29 is 18.0 Å². The van der Waals surface area contributed by atoms with E-state index in [0.29, 0.717) is 23.7 Å². The van der Waals surface area contributed by atoms with Crippen LogP contribution in [0, 0.1) is 0 Å². The summed E-state index contributed by atoms with van der Waals surface area (Å²) in [7, 11) is 0. The summed E-state index contributed by atoms with van der Waals surface area (Å²) in [5.41, 5.74) is 7.23. The molecule has 1 amide bonds. The standard InChI is InChI=1S/C20H17F3N4O/c21-20(22,23)15-8-6-14(7-9-15)19(28)27-16-4-1-3-13(11-16)12-26-17-5-2-10-25-18(17)24/h1-11,26H,12H2,(H2,24,25)(H,27,28). The summed E-state index contributed by atoms with van der Waals surface area (Å²) in [5.74, 6) is -0.107. The predicted molar refractivity (Wildman–Crippen MR) is 102 cm³/mol. The number of hydrogen-bond acceptors (Lipinski definition) is 4. The molecule has 0 aliphatic rings. The molecule has 0 atom stereocenters. The SMILES string of the molecule is Nc1ncccc1NCc1cccc(NC(=O)c2ccc(C(F)(F)F)cc2)c1. The van der Waals surface area contributed by atoms with Gasteiger partial charge in [0, 0.05) is 24.0 Å².